The van der Waals surface area contributed by atoms with E-state index in [-0.39, 0.29) is 17.6 Å². The maximum atomic E-state index is 12.5. The number of nitrogens with zero attached hydrogens (tertiary/aromatic N) is 3. The summed E-state index contributed by atoms with van der Waals surface area (Å²) in [4.78, 5) is 22.8. The van der Waals surface area contributed by atoms with E-state index in [1.807, 2.05) is 0 Å². The zero-order chi connectivity index (χ0) is 18.5. The van der Waals surface area contributed by atoms with Crippen molar-refractivity contribution in [3.8, 4) is 5.69 Å². The molecular weight excluding hydrogens is 332 g/mol. The second kappa shape index (κ2) is 8.12. The van der Waals surface area contributed by atoms with Gasteiger partial charge in [-0.05, 0) is 43.4 Å². The lowest BCUT2D eigenvalue weighted by molar-refractivity contribution is -0.384. The standard InChI is InChI=1S/C19H24N4O3/c1-2-3-5-14-6-4-7-17(14)20-19(24)18-12-13-22(21-18)15-8-10-16(11-9-15)23(25)26/h8-14,17H,2-7H2,1H3,(H,20,24). The zero-order valence-corrected chi connectivity index (χ0v) is 14.9. The molecule has 0 aliphatic heterocycles. The molecule has 1 amide bonds. The van der Waals surface area contributed by atoms with Gasteiger partial charge < -0.3 is 5.32 Å². The lowest BCUT2D eigenvalue weighted by atomic mass is 9.97. The molecule has 0 spiro atoms. The number of nitro benzene ring substituents is 1. The Hall–Kier alpha value is -2.70. The normalized spacial score (nSPS) is 19.4. The summed E-state index contributed by atoms with van der Waals surface area (Å²) in [6.07, 6.45) is 8.61. The topological polar surface area (TPSA) is 90.1 Å². The van der Waals surface area contributed by atoms with Gasteiger partial charge in [-0.1, -0.05) is 26.2 Å². The number of aromatic nitrogens is 2. The molecule has 26 heavy (non-hydrogen) atoms. The summed E-state index contributed by atoms with van der Waals surface area (Å²) in [6.45, 7) is 2.19. The number of nitrogens with one attached hydrogen (secondary N) is 1. The SMILES string of the molecule is CCCCC1CCCC1NC(=O)c1ccn(-c2ccc([N+](=O)[O-])cc2)n1. The number of rotatable bonds is 7. The van der Waals surface area contributed by atoms with Crippen molar-refractivity contribution < 1.29 is 9.72 Å². The predicted molar refractivity (Wildman–Crippen MR) is 98.3 cm³/mol. The molecule has 0 bridgehead atoms. The smallest absolute Gasteiger partial charge is 0.272 e. The van der Waals surface area contributed by atoms with E-state index in [1.165, 1.54) is 37.8 Å². The van der Waals surface area contributed by atoms with Gasteiger partial charge >= 0.3 is 0 Å². The fourth-order valence-electron chi connectivity index (χ4n) is 3.60. The number of carbonyl (C=O) groups excluding carboxylic acids is 1. The Morgan fingerprint density at radius 3 is 2.77 bits per heavy atom. The lowest BCUT2D eigenvalue weighted by Crippen LogP contribution is -2.37. The highest BCUT2D eigenvalue weighted by Crippen LogP contribution is 2.30. The fourth-order valence-corrected chi connectivity index (χ4v) is 3.60. The zero-order valence-electron chi connectivity index (χ0n) is 14.9. The molecular formula is C19H24N4O3. The van der Waals surface area contributed by atoms with Crippen LogP contribution in [0, 0.1) is 16.0 Å². The molecule has 1 heterocycles. The highest BCUT2D eigenvalue weighted by atomic mass is 16.6. The number of hydrogen-bond acceptors (Lipinski definition) is 4. The number of amides is 1. The van der Waals surface area contributed by atoms with Crippen LogP contribution < -0.4 is 5.32 Å². The van der Waals surface area contributed by atoms with E-state index in [0.717, 1.165) is 12.8 Å². The average Bonchev–Trinajstić information content (AvgIpc) is 3.29. The van der Waals surface area contributed by atoms with Crippen molar-refractivity contribution in [2.24, 2.45) is 5.92 Å². The summed E-state index contributed by atoms with van der Waals surface area (Å²) in [5.74, 6) is 0.412. The summed E-state index contributed by atoms with van der Waals surface area (Å²) in [5, 5.41) is 18.2. The third-order valence-electron chi connectivity index (χ3n) is 5.05. The molecule has 2 aromatic rings. The van der Waals surface area contributed by atoms with Crippen LogP contribution >= 0.6 is 0 Å². The third-order valence-corrected chi connectivity index (χ3v) is 5.05. The molecule has 7 heteroatoms. The maximum absolute atomic E-state index is 12.5. The molecule has 138 valence electrons. The van der Waals surface area contributed by atoms with E-state index in [0.29, 0.717) is 17.3 Å². The van der Waals surface area contributed by atoms with Gasteiger partial charge in [-0.2, -0.15) is 5.10 Å². The number of benzene rings is 1. The van der Waals surface area contributed by atoms with Crippen molar-refractivity contribution in [2.45, 2.75) is 51.5 Å². The van der Waals surface area contributed by atoms with Crippen molar-refractivity contribution >= 4 is 11.6 Å². The molecule has 1 aromatic heterocycles. The second-order valence-corrected chi connectivity index (χ2v) is 6.83. The van der Waals surface area contributed by atoms with Gasteiger partial charge in [-0.15, -0.1) is 0 Å². The van der Waals surface area contributed by atoms with E-state index in [1.54, 1.807) is 29.1 Å². The third kappa shape index (κ3) is 4.09. The summed E-state index contributed by atoms with van der Waals surface area (Å²) in [5.41, 5.74) is 1.07. The van der Waals surface area contributed by atoms with Gasteiger partial charge in [0.2, 0.25) is 0 Å². The van der Waals surface area contributed by atoms with Crippen molar-refractivity contribution in [3.05, 3.63) is 52.3 Å². The molecule has 7 nitrogen and oxygen atoms in total. The van der Waals surface area contributed by atoms with Crippen molar-refractivity contribution in [3.63, 3.8) is 0 Å². The first-order valence-corrected chi connectivity index (χ1v) is 9.20. The van der Waals surface area contributed by atoms with Crippen molar-refractivity contribution in [1.29, 1.82) is 0 Å². The van der Waals surface area contributed by atoms with Crippen LogP contribution in [0.25, 0.3) is 5.69 Å². The van der Waals surface area contributed by atoms with Crippen molar-refractivity contribution in [1.82, 2.24) is 15.1 Å². The quantitative estimate of drug-likeness (QED) is 0.602. The van der Waals surface area contributed by atoms with Gasteiger partial charge in [0.05, 0.1) is 10.6 Å². The van der Waals surface area contributed by atoms with E-state index in [9.17, 15) is 14.9 Å². The largest absolute Gasteiger partial charge is 0.348 e. The molecule has 2 atom stereocenters. The molecule has 1 aliphatic carbocycles. The first kappa shape index (κ1) is 18.1. The molecule has 0 radical (unpaired) electrons. The molecule has 1 N–H and O–H groups in total. The minimum Gasteiger partial charge on any atom is -0.348 e. The number of non-ortho nitro benzene ring substituents is 1. The van der Waals surface area contributed by atoms with Gasteiger partial charge in [-0.3, -0.25) is 14.9 Å². The highest BCUT2D eigenvalue weighted by Gasteiger charge is 2.28. The van der Waals surface area contributed by atoms with Crippen LogP contribution in [0.1, 0.15) is 55.9 Å². The maximum Gasteiger partial charge on any atom is 0.272 e. The van der Waals surface area contributed by atoms with Crippen LogP contribution in [0.15, 0.2) is 36.5 Å². The molecule has 2 unspecified atom stereocenters. The van der Waals surface area contributed by atoms with Gasteiger partial charge in [0.15, 0.2) is 5.69 Å². The van der Waals surface area contributed by atoms with Gasteiger partial charge in [0.1, 0.15) is 0 Å². The lowest BCUT2D eigenvalue weighted by Gasteiger charge is -2.20. The molecule has 1 saturated carbocycles. The Balaban J connectivity index is 1.65. The highest BCUT2D eigenvalue weighted by molar-refractivity contribution is 5.92. The molecule has 0 saturated heterocycles. The number of hydrogen-bond donors (Lipinski definition) is 1. The first-order chi connectivity index (χ1) is 12.6. The van der Waals surface area contributed by atoms with Crippen molar-refractivity contribution in [2.75, 3.05) is 0 Å². The summed E-state index contributed by atoms with van der Waals surface area (Å²) in [7, 11) is 0. The summed E-state index contributed by atoms with van der Waals surface area (Å²) >= 11 is 0. The van der Waals surface area contributed by atoms with Crippen LogP contribution in [0.2, 0.25) is 0 Å². The van der Waals surface area contributed by atoms with Crippen LogP contribution in [-0.4, -0.2) is 26.7 Å². The Bertz CT molecular complexity index is 769. The second-order valence-electron chi connectivity index (χ2n) is 6.83. The predicted octanol–water partition coefficient (Wildman–Crippen LogP) is 3.87. The Kier molecular flexibility index (Phi) is 5.65. The van der Waals surface area contributed by atoms with Crippen LogP contribution in [0.3, 0.4) is 0 Å². The number of nitro groups is 1. The van der Waals surface area contributed by atoms with Crippen LogP contribution in [-0.2, 0) is 0 Å². The fraction of sp³-hybridized carbons (Fsp3) is 0.474. The number of carbonyl (C=O) groups is 1. The number of unbranched alkanes of at least 4 members (excludes halogenated alkanes) is 1. The molecule has 3 rings (SSSR count). The van der Waals surface area contributed by atoms with E-state index >= 15 is 0 Å². The first-order valence-electron chi connectivity index (χ1n) is 9.20. The Morgan fingerprint density at radius 2 is 2.08 bits per heavy atom. The van der Waals surface area contributed by atoms with E-state index < -0.39 is 4.92 Å². The van der Waals surface area contributed by atoms with Gasteiger partial charge in [0.25, 0.3) is 11.6 Å². The Morgan fingerprint density at radius 1 is 1.31 bits per heavy atom. The monoisotopic (exact) mass is 356 g/mol. The minimum absolute atomic E-state index is 0.0261. The van der Waals surface area contributed by atoms with Crippen LogP contribution in [0.4, 0.5) is 5.69 Å². The molecule has 1 aliphatic rings. The van der Waals surface area contributed by atoms with Gasteiger partial charge in [0, 0.05) is 24.4 Å². The minimum atomic E-state index is -0.442. The molecule has 1 aromatic carbocycles. The average molecular weight is 356 g/mol. The van der Waals surface area contributed by atoms with E-state index in [4.69, 9.17) is 0 Å². The van der Waals surface area contributed by atoms with Crippen LogP contribution in [0.5, 0.6) is 0 Å². The van der Waals surface area contributed by atoms with E-state index in [2.05, 4.69) is 17.3 Å². The summed E-state index contributed by atoms with van der Waals surface area (Å²) in [6, 6.07) is 7.99. The van der Waals surface area contributed by atoms with Gasteiger partial charge in [-0.25, -0.2) is 4.68 Å². The summed E-state index contributed by atoms with van der Waals surface area (Å²) < 4.78 is 1.56. The molecule has 1 fully saturated rings. The Labute approximate surface area is 152 Å².